The SMILES string of the molecule is CC(=O)OCC1(COC(C)=O)O[C@@H](n2cc(C)c(=O)[nH]c2=O)[C@H](OC(C)=O)[C@@H]1OCc1ccccc1. The summed E-state index contributed by atoms with van der Waals surface area (Å²) in [4.78, 5) is 62.3. The van der Waals surface area contributed by atoms with E-state index < -0.39 is 66.4 Å². The average molecular weight is 504 g/mol. The largest absolute Gasteiger partial charge is 0.463 e. The number of rotatable bonds is 9. The molecule has 3 rings (SSSR count). The van der Waals surface area contributed by atoms with Crippen molar-refractivity contribution in [3.8, 4) is 0 Å². The van der Waals surface area contributed by atoms with Crippen LogP contribution in [-0.4, -0.2) is 58.5 Å². The van der Waals surface area contributed by atoms with Crippen molar-refractivity contribution in [1.82, 2.24) is 9.55 Å². The van der Waals surface area contributed by atoms with Crippen molar-refractivity contribution >= 4 is 17.9 Å². The third-order valence-electron chi connectivity index (χ3n) is 5.49. The molecule has 0 spiro atoms. The van der Waals surface area contributed by atoms with Crippen molar-refractivity contribution in [1.29, 1.82) is 0 Å². The van der Waals surface area contributed by atoms with Crippen LogP contribution in [0.2, 0.25) is 0 Å². The number of esters is 3. The molecule has 2 heterocycles. The third kappa shape index (κ3) is 6.26. The molecule has 1 aromatic heterocycles. The van der Waals surface area contributed by atoms with Crippen LogP contribution in [0.15, 0.2) is 46.1 Å². The van der Waals surface area contributed by atoms with Crippen molar-refractivity contribution in [3.63, 3.8) is 0 Å². The summed E-state index contributed by atoms with van der Waals surface area (Å²) in [6, 6.07) is 9.07. The molecule has 0 saturated carbocycles. The minimum Gasteiger partial charge on any atom is -0.463 e. The van der Waals surface area contributed by atoms with Gasteiger partial charge in [0.2, 0.25) is 0 Å². The molecule has 2 aromatic rings. The van der Waals surface area contributed by atoms with Crippen LogP contribution in [-0.2, 0) is 44.7 Å². The highest BCUT2D eigenvalue weighted by atomic mass is 16.7. The van der Waals surface area contributed by atoms with E-state index in [0.29, 0.717) is 0 Å². The minimum atomic E-state index is -1.67. The third-order valence-corrected chi connectivity index (χ3v) is 5.49. The van der Waals surface area contributed by atoms with E-state index in [1.54, 1.807) is 0 Å². The topological polar surface area (TPSA) is 152 Å². The first-order valence-corrected chi connectivity index (χ1v) is 11.1. The maximum absolute atomic E-state index is 12.7. The summed E-state index contributed by atoms with van der Waals surface area (Å²) in [6.07, 6.45) is -2.47. The van der Waals surface area contributed by atoms with Gasteiger partial charge in [-0.3, -0.25) is 28.7 Å². The molecule has 12 nitrogen and oxygen atoms in total. The number of aryl methyl sites for hydroxylation is 1. The fourth-order valence-electron chi connectivity index (χ4n) is 3.85. The molecule has 1 aliphatic heterocycles. The summed E-state index contributed by atoms with van der Waals surface area (Å²) in [7, 11) is 0. The quantitative estimate of drug-likeness (QED) is 0.382. The molecular formula is C24H28N2O10. The first-order valence-electron chi connectivity index (χ1n) is 11.1. The molecule has 12 heteroatoms. The number of hydrogen-bond donors (Lipinski definition) is 1. The van der Waals surface area contributed by atoms with Crippen molar-refractivity contribution in [2.45, 2.75) is 58.3 Å². The first kappa shape index (κ1) is 26.8. The zero-order valence-corrected chi connectivity index (χ0v) is 20.3. The van der Waals surface area contributed by atoms with E-state index in [1.807, 2.05) is 30.3 Å². The van der Waals surface area contributed by atoms with Gasteiger partial charge >= 0.3 is 23.6 Å². The van der Waals surface area contributed by atoms with Crippen molar-refractivity contribution in [2.75, 3.05) is 13.2 Å². The Labute approximate surface area is 206 Å². The molecule has 1 aliphatic rings. The van der Waals surface area contributed by atoms with Crippen LogP contribution in [0.5, 0.6) is 0 Å². The Morgan fingerprint density at radius 1 is 1.00 bits per heavy atom. The van der Waals surface area contributed by atoms with E-state index in [0.717, 1.165) is 10.1 Å². The van der Waals surface area contributed by atoms with Gasteiger partial charge in [-0.05, 0) is 12.5 Å². The normalized spacial score (nSPS) is 20.5. The van der Waals surface area contributed by atoms with Crippen molar-refractivity contribution in [3.05, 3.63) is 68.5 Å². The second-order valence-electron chi connectivity index (χ2n) is 8.40. The van der Waals surface area contributed by atoms with Crippen LogP contribution in [0.1, 0.15) is 38.1 Å². The molecule has 0 amide bonds. The molecule has 0 unspecified atom stereocenters. The molecular weight excluding hydrogens is 476 g/mol. The van der Waals surface area contributed by atoms with Crippen LogP contribution < -0.4 is 11.2 Å². The Bertz CT molecular complexity index is 1200. The number of carbonyl (C=O) groups is 3. The van der Waals surface area contributed by atoms with Gasteiger partial charge in [0, 0.05) is 32.5 Å². The summed E-state index contributed by atoms with van der Waals surface area (Å²) in [5.74, 6) is -1.99. The molecule has 3 atom stereocenters. The Hall–Kier alpha value is -3.77. The first-order chi connectivity index (χ1) is 17.0. The summed E-state index contributed by atoms with van der Waals surface area (Å²) in [5.41, 5.74) is -2.13. The lowest BCUT2D eigenvalue weighted by Crippen LogP contribution is -2.53. The van der Waals surface area contributed by atoms with E-state index >= 15 is 0 Å². The van der Waals surface area contributed by atoms with Gasteiger partial charge in [-0.1, -0.05) is 30.3 Å². The highest BCUT2D eigenvalue weighted by Crippen LogP contribution is 2.41. The van der Waals surface area contributed by atoms with E-state index in [2.05, 4.69) is 4.98 Å². The summed E-state index contributed by atoms with van der Waals surface area (Å²) in [5, 5.41) is 0. The highest BCUT2D eigenvalue weighted by molar-refractivity contribution is 5.67. The molecule has 1 N–H and O–H groups in total. The smallest absolute Gasteiger partial charge is 0.330 e. The lowest BCUT2D eigenvalue weighted by Gasteiger charge is -2.33. The number of carbonyl (C=O) groups excluding carboxylic acids is 3. The van der Waals surface area contributed by atoms with E-state index in [-0.39, 0.29) is 12.2 Å². The van der Waals surface area contributed by atoms with Crippen LogP contribution in [0.3, 0.4) is 0 Å². The monoisotopic (exact) mass is 504 g/mol. The number of nitrogens with one attached hydrogen (secondary N) is 1. The zero-order chi connectivity index (χ0) is 26.5. The number of hydrogen-bond acceptors (Lipinski definition) is 10. The number of H-pyrrole nitrogens is 1. The Morgan fingerprint density at radius 3 is 2.17 bits per heavy atom. The molecule has 0 aliphatic carbocycles. The second-order valence-corrected chi connectivity index (χ2v) is 8.40. The summed E-state index contributed by atoms with van der Waals surface area (Å²) in [6.45, 7) is 4.17. The van der Waals surface area contributed by atoms with Gasteiger partial charge in [-0.15, -0.1) is 0 Å². The van der Waals surface area contributed by atoms with Gasteiger partial charge in [0.1, 0.15) is 19.3 Å². The molecule has 0 bridgehead atoms. The summed E-state index contributed by atoms with van der Waals surface area (Å²) >= 11 is 0. The molecule has 36 heavy (non-hydrogen) atoms. The number of benzene rings is 1. The molecule has 1 aromatic carbocycles. The van der Waals surface area contributed by atoms with Gasteiger partial charge < -0.3 is 23.7 Å². The van der Waals surface area contributed by atoms with Gasteiger partial charge in [-0.25, -0.2) is 4.79 Å². The van der Waals surface area contributed by atoms with Crippen molar-refractivity contribution < 1.29 is 38.1 Å². The zero-order valence-electron chi connectivity index (χ0n) is 20.3. The Morgan fingerprint density at radius 2 is 1.61 bits per heavy atom. The van der Waals surface area contributed by atoms with E-state index in [1.165, 1.54) is 33.9 Å². The minimum absolute atomic E-state index is 0.0286. The Balaban J connectivity index is 2.13. The maximum atomic E-state index is 12.7. The predicted molar refractivity (Wildman–Crippen MR) is 123 cm³/mol. The molecule has 1 saturated heterocycles. The lowest BCUT2D eigenvalue weighted by atomic mass is 9.96. The van der Waals surface area contributed by atoms with Gasteiger partial charge in [-0.2, -0.15) is 0 Å². The fourth-order valence-corrected chi connectivity index (χ4v) is 3.85. The van der Waals surface area contributed by atoms with Crippen LogP contribution >= 0.6 is 0 Å². The van der Waals surface area contributed by atoms with Crippen LogP contribution in [0, 0.1) is 6.92 Å². The predicted octanol–water partition coefficient (Wildman–Crippen LogP) is 0.756. The van der Waals surface area contributed by atoms with Crippen molar-refractivity contribution in [2.24, 2.45) is 0 Å². The van der Waals surface area contributed by atoms with Gasteiger partial charge in [0.05, 0.1) is 6.61 Å². The number of aromatic amines is 1. The Kier molecular flexibility index (Phi) is 8.43. The van der Waals surface area contributed by atoms with E-state index in [9.17, 15) is 24.0 Å². The molecule has 0 radical (unpaired) electrons. The maximum Gasteiger partial charge on any atom is 0.330 e. The van der Waals surface area contributed by atoms with Crippen LogP contribution in [0.25, 0.3) is 0 Å². The number of aromatic nitrogens is 2. The van der Waals surface area contributed by atoms with Gasteiger partial charge in [0.25, 0.3) is 5.56 Å². The number of nitrogens with zero attached hydrogens (tertiary/aromatic N) is 1. The van der Waals surface area contributed by atoms with Gasteiger partial charge in [0.15, 0.2) is 17.9 Å². The standard InChI is InChI=1S/C24H28N2O10/c1-14-10-26(23(31)25-21(14)30)22-19(35-17(4)29)20(32-11-18-8-6-5-7-9-18)24(36-22,12-33-15(2)27)13-34-16(3)28/h5-10,19-20,22H,11-13H2,1-4H3,(H,25,30,31)/t19-,20+,22-/m1/s1. The highest BCUT2D eigenvalue weighted by Gasteiger charge is 2.60. The lowest BCUT2D eigenvalue weighted by molar-refractivity contribution is -0.191. The average Bonchev–Trinajstić information content (AvgIpc) is 3.10. The van der Waals surface area contributed by atoms with Crippen LogP contribution in [0.4, 0.5) is 0 Å². The van der Waals surface area contributed by atoms with E-state index in [4.69, 9.17) is 23.7 Å². The fraction of sp³-hybridized carbons (Fsp3) is 0.458. The summed E-state index contributed by atoms with van der Waals surface area (Å²) < 4.78 is 29.4. The second kappa shape index (κ2) is 11.3. The molecule has 1 fully saturated rings. The number of ether oxygens (including phenoxy) is 5. The molecule has 194 valence electrons.